The normalized spacial score (nSPS) is 11.4. The lowest BCUT2D eigenvalue weighted by Gasteiger charge is -2.09. The van der Waals surface area contributed by atoms with Crippen molar-refractivity contribution in [1.29, 1.82) is 5.26 Å². The number of hydrogen-bond donors (Lipinski definition) is 0. The van der Waals surface area contributed by atoms with Crippen LogP contribution in [0.3, 0.4) is 0 Å². The van der Waals surface area contributed by atoms with Crippen LogP contribution in [0.15, 0.2) is 52.9 Å². The molecule has 3 aromatic rings. The topological polar surface area (TPSA) is 98.2 Å². The first-order valence-electron chi connectivity index (χ1n) is 7.79. The number of nitriles is 1. The van der Waals surface area contributed by atoms with E-state index in [-0.39, 0.29) is 11.5 Å². The highest BCUT2D eigenvalue weighted by Gasteiger charge is 2.20. The Bertz CT molecular complexity index is 957. The van der Waals surface area contributed by atoms with E-state index in [0.29, 0.717) is 11.5 Å². The zero-order valence-corrected chi connectivity index (χ0v) is 14.2. The van der Waals surface area contributed by atoms with Crippen LogP contribution >= 0.6 is 0 Å². The predicted molar refractivity (Wildman–Crippen MR) is 91.3 cm³/mol. The molecule has 0 bridgehead atoms. The standard InChI is InChI=1S/C19H15N3O4/c1-12(25-19(23)15-5-3-4-13(10-15)11-20)17-21-22-18(26-17)14-6-8-16(24-2)9-7-14/h3-10,12H,1-2H3/t12-/m0/s1. The molecule has 7 nitrogen and oxygen atoms in total. The maximum atomic E-state index is 12.2. The van der Waals surface area contributed by atoms with Crippen molar-refractivity contribution in [3.8, 4) is 23.3 Å². The van der Waals surface area contributed by atoms with E-state index in [1.54, 1.807) is 56.5 Å². The van der Waals surface area contributed by atoms with E-state index >= 15 is 0 Å². The predicted octanol–water partition coefficient (Wildman–Crippen LogP) is 3.53. The molecule has 3 rings (SSSR count). The van der Waals surface area contributed by atoms with E-state index in [4.69, 9.17) is 19.2 Å². The summed E-state index contributed by atoms with van der Waals surface area (Å²) in [5.74, 6) is 0.645. The molecule has 0 amide bonds. The van der Waals surface area contributed by atoms with Gasteiger partial charge in [-0.05, 0) is 49.4 Å². The van der Waals surface area contributed by atoms with Crippen molar-refractivity contribution in [2.24, 2.45) is 0 Å². The second-order valence-corrected chi connectivity index (χ2v) is 5.41. The quantitative estimate of drug-likeness (QED) is 0.650. The number of carbonyl (C=O) groups is 1. The minimum Gasteiger partial charge on any atom is -0.497 e. The van der Waals surface area contributed by atoms with Gasteiger partial charge in [-0.3, -0.25) is 0 Å². The fraction of sp³-hybridized carbons (Fsp3) is 0.158. The molecule has 0 saturated carbocycles. The van der Waals surface area contributed by atoms with E-state index in [1.165, 1.54) is 6.07 Å². The number of rotatable bonds is 5. The van der Waals surface area contributed by atoms with Gasteiger partial charge in [0, 0.05) is 5.56 Å². The maximum Gasteiger partial charge on any atom is 0.338 e. The monoisotopic (exact) mass is 349 g/mol. The Labute approximate surface area is 149 Å². The zero-order valence-electron chi connectivity index (χ0n) is 14.2. The highest BCUT2D eigenvalue weighted by molar-refractivity contribution is 5.89. The number of carbonyl (C=O) groups excluding carboxylic acids is 1. The zero-order chi connectivity index (χ0) is 18.5. The van der Waals surface area contributed by atoms with Crippen molar-refractivity contribution in [2.45, 2.75) is 13.0 Å². The minimum absolute atomic E-state index is 0.181. The van der Waals surface area contributed by atoms with Gasteiger partial charge in [0.05, 0.1) is 24.3 Å². The summed E-state index contributed by atoms with van der Waals surface area (Å²) in [4.78, 5) is 12.2. The Morgan fingerprint density at radius 2 is 1.96 bits per heavy atom. The largest absolute Gasteiger partial charge is 0.497 e. The van der Waals surface area contributed by atoms with Gasteiger partial charge in [0.15, 0.2) is 6.10 Å². The first-order valence-corrected chi connectivity index (χ1v) is 7.79. The molecule has 0 aliphatic heterocycles. The third-order valence-electron chi connectivity index (χ3n) is 3.64. The van der Waals surface area contributed by atoms with Crippen LogP contribution < -0.4 is 4.74 Å². The average Bonchev–Trinajstić information content (AvgIpc) is 3.18. The summed E-state index contributed by atoms with van der Waals surface area (Å²) in [6, 6.07) is 15.4. The average molecular weight is 349 g/mol. The van der Waals surface area contributed by atoms with Crippen LogP contribution in [0.2, 0.25) is 0 Å². The molecule has 7 heteroatoms. The van der Waals surface area contributed by atoms with Crippen molar-refractivity contribution in [3.63, 3.8) is 0 Å². The van der Waals surface area contributed by atoms with E-state index in [9.17, 15) is 4.79 Å². The van der Waals surface area contributed by atoms with Crippen molar-refractivity contribution < 1.29 is 18.7 Å². The number of hydrogen-bond acceptors (Lipinski definition) is 7. The lowest BCUT2D eigenvalue weighted by atomic mass is 10.1. The first kappa shape index (κ1) is 17.2. The summed E-state index contributed by atoms with van der Waals surface area (Å²) in [5.41, 5.74) is 1.39. The number of benzene rings is 2. The summed E-state index contributed by atoms with van der Waals surface area (Å²) in [6.45, 7) is 1.64. The van der Waals surface area contributed by atoms with E-state index in [2.05, 4.69) is 10.2 Å². The molecule has 0 saturated heterocycles. The molecule has 0 radical (unpaired) electrons. The van der Waals surface area contributed by atoms with Crippen LogP contribution in [0.1, 0.15) is 34.8 Å². The number of ether oxygens (including phenoxy) is 2. The Hall–Kier alpha value is -3.66. The lowest BCUT2D eigenvalue weighted by molar-refractivity contribution is 0.0280. The van der Waals surface area contributed by atoms with Crippen LogP contribution in [0, 0.1) is 11.3 Å². The van der Waals surface area contributed by atoms with Gasteiger partial charge in [-0.2, -0.15) is 5.26 Å². The molecular weight excluding hydrogens is 334 g/mol. The molecule has 0 aliphatic carbocycles. The Kier molecular flexibility index (Phi) is 4.94. The fourth-order valence-electron chi connectivity index (χ4n) is 2.24. The lowest BCUT2D eigenvalue weighted by Crippen LogP contribution is -2.09. The molecular formula is C19H15N3O4. The van der Waals surface area contributed by atoms with Gasteiger partial charge in [-0.1, -0.05) is 6.07 Å². The van der Waals surface area contributed by atoms with Crippen LogP contribution in [0.25, 0.3) is 11.5 Å². The van der Waals surface area contributed by atoms with Gasteiger partial charge in [-0.15, -0.1) is 10.2 Å². The number of esters is 1. The molecule has 0 unspecified atom stereocenters. The highest BCUT2D eigenvalue weighted by atomic mass is 16.6. The fourth-order valence-corrected chi connectivity index (χ4v) is 2.24. The Balaban J connectivity index is 1.72. The molecule has 1 aromatic heterocycles. The second-order valence-electron chi connectivity index (χ2n) is 5.41. The minimum atomic E-state index is -0.729. The SMILES string of the molecule is COc1ccc(-c2nnc([C@H](C)OC(=O)c3cccc(C#N)c3)o2)cc1. The molecule has 1 atom stereocenters. The molecule has 0 N–H and O–H groups in total. The third kappa shape index (κ3) is 3.70. The van der Waals surface area contributed by atoms with Crippen LogP contribution in [-0.4, -0.2) is 23.3 Å². The van der Waals surface area contributed by atoms with Gasteiger partial charge in [0.1, 0.15) is 5.75 Å². The van der Waals surface area contributed by atoms with Gasteiger partial charge in [-0.25, -0.2) is 4.79 Å². The van der Waals surface area contributed by atoms with Crippen molar-refractivity contribution in [2.75, 3.05) is 7.11 Å². The van der Waals surface area contributed by atoms with E-state index in [0.717, 1.165) is 11.3 Å². The van der Waals surface area contributed by atoms with Crippen molar-refractivity contribution in [3.05, 3.63) is 65.5 Å². The number of methoxy groups -OCH3 is 1. The van der Waals surface area contributed by atoms with Crippen molar-refractivity contribution >= 4 is 5.97 Å². The smallest absolute Gasteiger partial charge is 0.338 e. The Morgan fingerprint density at radius 1 is 1.19 bits per heavy atom. The summed E-state index contributed by atoms with van der Waals surface area (Å²) in [5, 5.41) is 16.8. The number of aromatic nitrogens is 2. The molecule has 0 fully saturated rings. The third-order valence-corrected chi connectivity index (χ3v) is 3.64. The van der Waals surface area contributed by atoms with Gasteiger partial charge in [0.25, 0.3) is 5.89 Å². The first-order chi connectivity index (χ1) is 12.6. The highest BCUT2D eigenvalue weighted by Crippen LogP contribution is 2.24. The molecule has 26 heavy (non-hydrogen) atoms. The summed E-state index contributed by atoms with van der Waals surface area (Å²) in [7, 11) is 1.59. The molecule has 0 aliphatic rings. The van der Waals surface area contributed by atoms with Crippen LogP contribution in [-0.2, 0) is 4.74 Å². The summed E-state index contributed by atoms with van der Waals surface area (Å²) >= 11 is 0. The Morgan fingerprint density at radius 3 is 2.65 bits per heavy atom. The van der Waals surface area contributed by atoms with Gasteiger partial charge < -0.3 is 13.9 Å². The van der Waals surface area contributed by atoms with Gasteiger partial charge >= 0.3 is 5.97 Å². The maximum absolute atomic E-state index is 12.2. The molecule has 2 aromatic carbocycles. The van der Waals surface area contributed by atoms with Crippen LogP contribution in [0.5, 0.6) is 5.75 Å². The molecule has 0 spiro atoms. The summed E-state index contributed by atoms with van der Waals surface area (Å²) < 4.78 is 16.0. The van der Waals surface area contributed by atoms with Gasteiger partial charge in [0.2, 0.25) is 5.89 Å². The molecule has 130 valence electrons. The second kappa shape index (κ2) is 7.49. The molecule has 1 heterocycles. The van der Waals surface area contributed by atoms with Crippen molar-refractivity contribution in [1.82, 2.24) is 10.2 Å². The van der Waals surface area contributed by atoms with Crippen LogP contribution in [0.4, 0.5) is 0 Å². The summed E-state index contributed by atoms with van der Waals surface area (Å²) in [6.07, 6.45) is -0.729. The van der Waals surface area contributed by atoms with E-state index in [1.807, 2.05) is 6.07 Å². The number of nitrogens with zero attached hydrogens (tertiary/aromatic N) is 3. The van der Waals surface area contributed by atoms with E-state index < -0.39 is 12.1 Å².